The molecule has 0 amide bonds. The van der Waals surface area contributed by atoms with Gasteiger partial charge in [0.15, 0.2) is 5.82 Å². The molecule has 0 aliphatic heterocycles. The van der Waals surface area contributed by atoms with E-state index in [2.05, 4.69) is 10.1 Å². The summed E-state index contributed by atoms with van der Waals surface area (Å²) in [5.41, 5.74) is 0.851. The summed E-state index contributed by atoms with van der Waals surface area (Å²) in [6, 6.07) is 9.63. The van der Waals surface area contributed by atoms with Gasteiger partial charge in [-0.1, -0.05) is 30.3 Å². The Labute approximate surface area is 123 Å². The Morgan fingerprint density at radius 1 is 1.38 bits per heavy atom. The van der Waals surface area contributed by atoms with Crippen molar-refractivity contribution >= 4 is 5.97 Å². The van der Waals surface area contributed by atoms with Crippen molar-refractivity contribution in [3.8, 4) is 11.5 Å². The van der Waals surface area contributed by atoms with Gasteiger partial charge >= 0.3 is 5.97 Å². The normalized spacial score (nSPS) is 12.5. The SMILES string of the molecule is CCC(C)N(CC(=O)O)Cc1noc(-c2ccccc2)n1. The summed E-state index contributed by atoms with van der Waals surface area (Å²) in [5.74, 6) is 0.0857. The van der Waals surface area contributed by atoms with Crippen LogP contribution in [-0.2, 0) is 11.3 Å². The first-order valence-corrected chi connectivity index (χ1v) is 6.94. The first kappa shape index (κ1) is 15.2. The number of carbonyl (C=O) groups is 1. The molecule has 21 heavy (non-hydrogen) atoms. The van der Waals surface area contributed by atoms with Gasteiger partial charge in [0.1, 0.15) is 0 Å². The van der Waals surface area contributed by atoms with E-state index < -0.39 is 5.97 Å². The number of carboxylic acids is 1. The number of hydrogen-bond donors (Lipinski definition) is 1. The Morgan fingerprint density at radius 3 is 2.71 bits per heavy atom. The maximum absolute atomic E-state index is 10.9. The fourth-order valence-electron chi connectivity index (χ4n) is 2.00. The van der Waals surface area contributed by atoms with Gasteiger partial charge < -0.3 is 9.63 Å². The van der Waals surface area contributed by atoms with E-state index in [0.717, 1.165) is 12.0 Å². The topological polar surface area (TPSA) is 79.5 Å². The highest BCUT2D eigenvalue weighted by molar-refractivity contribution is 5.69. The van der Waals surface area contributed by atoms with Gasteiger partial charge in [-0.05, 0) is 25.5 Å². The molecule has 2 aromatic rings. The molecule has 6 nitrogen and oxygen atoms in total. The maximum atomic E-state index is 10.9. The third-order valence-corrected chi connectivity index (χ3v) is 3.39. The van der Waals surface area contributed by atoms with Crippen LogP contribution >= 0.6 is 0 Å². The second-order valence-corrected chi connectivity index (χ2v) is 4.94. The number of hydrogen-bond acceptors (Lipinski definition) is 5. The average Bonchev–Trinajstić information content (AvgIpc) is 2.95. The van der Waals surface area contributed by atoms with E-state index in [0.29, 0.717) is 18.3 Å². The highest BCUT2D eigenvalue weighted by Crippen LogP contribution is 2.17. The predicted octanol–water partition coefficient (Wildman–Crippen LogP) is 2.42. The van der Waals surface area contributed by atoms with Crippen molar-refractivity contribution in [2.75, 3.05) is 6.54 Å². The summed E-state index contributed by atoms with van der Waals surface area (Å²) < 4.78 is 5.23. The molecule has 0 aliphatic rings. The molecule has 0 spiro atoms. The van der Waals surface area contributed by atoms with E-state index in [1.807, 2.05) is 49.1 Å². The van der Waals surface area contributed by atoms with Crippen molar-refractivity contribution in [1.82, 2.24) is 15.0 Å². The van der Waals surface area contributed by atoms with Crippen LogP contribution in [0.15, 0.2) is 34.9 Å². The minimum Gasteiger partial charge on any atom is -0.480 e. The number of nitrogens with zero attached hydrogens (tertiary/aromatic N) is 3. The molecule has 0 radical (unpaired) electrons. The lowest BCUT2D eigenvalue weighted by molar-refractivity contribution is -0.139. The van der Waals surface area contributed by atoms with E-state index in [9.17, 15) is 4.79 Å². The number of rotatable bonds is 7. The lowest BCUT2D eigenvalue weighted by Crippen LogP contribution is -2.36. The second kappa shape index (κ2) is 6.99. The molecule has 1 heterocycles. The predicted molar refractivity (Wildman–Crippen MR) is 77.5 cm³/mol. The van der Waals surface area contributed by atoms with Crippen LogP contribution in [0.4, 0.5) is 0 Å². The first-order valence-electron chi connectivity index (χ1n) is 6.94. The zero-order valence-electron chi connectivity index (χ0n) is 12.2. The maximum Gasteiger partial charge on any atom is 0.317 e. The first-order chi connectivity index (χ1) is 10.1. The Bertz CT molecular complexity index is 583. The van der Waals surface area contributed by atoms with Crippen molar-refractivity contribution in [2.45, 2.75) is 32.9 Å². The molecule has 0 fully saturated rings. The summed E-state index contributed by atoms with van der Waals surface area (Å²) in [4.78, 5) is 17.1. The molecule has 6 heteroatoms. The zero-order chi connectivity index (χ0) is 15.2. The van der Waals surface area contributed by atoms with Gasteiger partial charge in [-0.15, -0.1) is 0 Å². The lowest BCUT2D eigenvalue weighted by atomic mass is 10.2. The second-order valence-electron chi connectivity index (χ2n) is 4.94. The molecule has 0 bridgehead atoms. The van der Waals surface area contributed by atoms with Gasteiger partial charge in [0, 0.05) is 11.6 Å². The van der Waals surface area contributed by atoms with Crippen molar-refractivity contribution < 1.29 is 14.4 Å². The van der Waals surface area contributed by atoms with Crippen LogP contribution in [0.1, 0.15) is 26.1 Å². The Morgan fingerprint density at radius 2 is 2.10 bits per heavy atom. The van der Waals surface area contributed by atoms with Crippen molar-refractivity contribution in [2.24, 2.45) is 0 Å². The van der Waals surface area contributed by atoms with Gasteiger partial charge in [-0.2, -0.15) is 4.98 Å². The monoisotopic (exact) mass is 289 g/mol. The highest BCUT2D eigenvalue weighted by Gasteiger charge is 2.19. The van der Waals surface area contributed by atoms with Gasteiger partial charge in [0.05, 0.1) is 13.1 Å². The molecule has 1 N–H and O–H groups in total. The van der Waals surface area contributed by atoms with E-state index >= 15 is 0 Å². The summed E-state index contributed by atoms with van der Waals surface area (Å²) in [6.07, 6.45) is 0.858. The van der Waals surface area contributed by atoms with Gasteiger partial charge in [-0.3, -0.25) is 9.69 Å². The van der Waals surface area contributed by atoms with E-state index in [4.69, 9.17) is 9.63 Å². The smallest absolute Gasteiger partial charge is 0.317 e. The van der Waals surface area contributed by atoms with E-state index in [1.165, 1.54) is 0 Å². The molecule has 0 saturated heterocycles. The van der Waals surface area contributed by atoms with E-state index in [-0.39, 0.29) is 12.6 Å². The molecule has 1 aromatic carbocycles. The summed E-state index contributed by atoms with van der Waals surface area (Å²) in [7, 11) is 0. The van der Waals surface area contributed by atoms with Crippen molar-refractivity contribution in [3.05, 3.63) is 36.2 Å². The summed E-state index contributed by atoms with van der Waals surface area (Å²) in [6.45, 7) is 4.33. The molecule has 1 unspecified atom stereocenters. The standard InChI is InChI=1S/C15H19N3O3/c1-3-11(2)18(10-14(19)20)9-13-16-15(21-17-13)12-7-5-4-6-8-12/h4-8,11H,3,9-10H2,1-2H3,(H,19,20). The third-order valence-electron chi connectivity index (χ3n) is 3.39. The third kappa shape index (κ3) is 4.13. The van der Waals surface area contributed by atoms with Crippen LogP contribution in [-0.4, -0.2) is 38.7 Å². The summed E-state index contributed by atoms with van der Waals surface area (Å²) in [5, 5.41) is 12.9. The van der Waals surface area contributed by atoms with Crippen LogP contribution in [0.5, 0.6) is 0 Å². The van der Waals surface area contributed by atoms with Gasteiger partial charge in [0.25, 0.3) is 5.89 Å². The molecule has 2 rings (SSSR count). The molecule has 112 valence electrons. The fourth-order valence-corrected chi connectivity index (χ4v) is 2.00. The molecular weight excluding hydrogens is 270 g/mol. The lowest BCUT2D eigenvalue weighted by Gasteiger charge is -2.24. The minimum absolute atomic E-state index is 0.0375. The largest absolute Gasteiger partial charge is 0.480 e. The molecule has 1 atom stereocenters. The Balaban J connectivity index is 2.11. The summed E-state index contributed by atoms with van der Waals surface area (Å²) >= 11 is 0. The molecule has 1 aromatic heterocycles. The van der Waals surface area contributed by atoms with Crippen LogP contribution in [0.25, 0.3) is 11.5 Å². The van der Waals surface area contributed by atoms with Crippen LogP contribution in [0.3, 0.4) is 0 Å². The fraction of sp³-hybridized carbons (Fsp3) is 0.400. The Kier molecular flexibility index (Phi) is 5.05. The minimum atomic E-state index is -0.859. The van der Waals surface area contributed by atoms with Crippen molar-refractivity contribution in [3.63, 3.8) is 0 Å². The van der Waals surface area contributed by atoms with Crippen molar-refractivity contribution in [1.29, 1.82) is 0 Å². The zero-order valence-corrected chi connectivity index (χ0v) is 12.2. The van der Waals surface area contributed by atoms with Crippen LogP contribution in [0, 0.1) is 0 Å². The van der Waals surface area contributed by atoms with Gasteiger partial charge in [-0.25, -0.2) is 0 Å². The quantitative estimate of drug-likeness (QED) is 0.843. The van der Waals surface area contributed by atoms with Gasteiger partial charge in [0.2, 0.25) is 0 Å². The molecule has 0 aliphatic carbocycles. The Hall–Kier alpha value is -2.21. The number of carboxylic acid groups (broad SMARTS) is 1. The molecule has 0 saturated carbocycles. The van der Waals surface area contributed by atoms with Crippen LogP contribution < -0.4 is 0 Å². The average molecular weight is 289 g/mol. The number of benzene rings is 1. The highest BCUT2D eigenvalue weighted by atomic mass is 16.5. The molecular formula is C15H19N3O3. The number of aliphatic carboxylic acids is 1. The van der Waals surface area contributed by atoms with E-state index in [1.54, 1.807) is 0 Å². The number of aromatic nitrogens is 2. The van der Waals surface area contributed by atoms with Crippen LogP contribution in [0.2, 0.25) is 0 Å².